The number of allylic oxidation sites excluding steroid dienone is 1. The molecule has 4 aromatic carbocycles. The molecule has 0 N–H and O–H groups in total. The SMILES string of the molecule is CC1=Cc2c(ccc3ccccc23)C1c1c([SiH](C)C)ccc2c1[CH]([Zr+2])c1ccccc1-2.[Cl-].[Cl-]. The van der Waals surface area contributed by atoms with Gasteiger partial charge < -0.3 is 24.8 Å². The Hall–Kier alpha value is -1.44. The van der Waals surface area contributed by atoms with E-state index in [1.165, 1.54) is 44.2 Å². The smallest absolute Gasteiger partial charge is 1.00 e. The molecule has 0 spiro atoms. The van der Waals surface area contributed by atoms with Gasteiger partial charge in [-0.3, -0.25) is 0 Å². The number of hydrogen-bond acceptors (Lipinski definition) is 0. The molecule has 0 saturated carbocycles. The van der Waals surface area contributed by atoms with Gasteiger partial charge in [0.15, 0.2) is 0 Å². The van der Waals surface area contributed by atoms with E-state index in [4.69, 9.17) is 0 Å². The van der Waals surface area contributed by atoms with Gasteiger partial charge in [-0.05, 0) is 0 Å². The van der Waals surface area contributed by atoms with Crippen LogP contribution in [0.4, 0.5) is 0 Å². The third kappa shape index (κ3) is 3.66. The molecule has 2 atom stereocenters. The summed E-state index contributed by atoms with van der Waals surface area (Å²) in [4.78, 5) is 0. The summed E-state index contributed by atoms with van der Waals surface area (Å²) in [5.41, 5.74) is 12.2. The molecule has 33 heavy (non-hydrogen) atoms. The Kier molecular flexibility index (Phi) is 6.96. The van der Waals surface area contributed by atoms with E-state index in [0.717, 1.165) is 0 Å². The first-order valence-corrected chi connectivity index (χ1v) is 15.5. The maximum Gasteiger partial charge on any atom is -1.00 e. The van der Waals surface area contributed by atoms with Crippen molar-refractivity contribution in [1.29, 1.82) is 0 Å². The van der Waals surface area contributed by atoms with Crippen LogP contribution in [0, 0.1) is 0 Å². The van der Waals surface area contributed by atoms with Crippen molar-refractivity contribution in [1.82, 2.24) is 0 Å². The van der Waals surface area contributed by atoms with Gasteiger partial charge in [-0.1, -0.05) is 0 Å². The predicted octanol–water partition coefficient (Wildman–Crippen LogP) is 0.707. The Morgan fingerprint density at radius 2 is 1.45 bits per heavy atom. The van der Waals surface area contributed by atoms with Crippen molar-refractivity contribution in [2.45, 2.75) is 29.6 Å². The molecular formula is C29H25Cl2SiZr. The monoisotopic (exact) mass is 561 g/mol. The van der Waals surface area contributed by atoms with Crippen LogP contribution in [-0.2, 0) is 24.7 Å². The van der Waals surface area contributed by atoms with E-state index >= 15 is 0 Å². The van der Waals surface area contributed by atoms with Crippen molar-refractivity contribution in [3.05, 3.63) is 106 Å². The minimum absolute atomic E-state index is 0. The molecule has 163 valence electrons. The van der Waals surface area contributed by atoms with Crippen LogP contribution in [0.1, 0.15) is 44.3 Å². The Morgan fingerprint density at radius 3 is 2.24 bits per heavy atom. The molecule has 2 aliphatic rings. The summed E-state index contributed by atoms with van der Waals surface area (Å²) in [6.07, 6.45) is 2.47. The first-order valence-electron chi connectivity index (χ1n) is 11.2. The van der Waals surface area contributed by atoms with E-state index < -0.39 is 8.80 Å². The molecule has 0 amide bonds. The van der Waals surface area contributed by atoms with Gasteiger partial charge in [-0.25, -0.2) is 0 Å². The Morgan fingerprint density at radius 1 is 0.727 bits per heavy atom. The fourth-order valence-electron chi connectivity index (χ4n) is 5.84. The third-order valence-electron chi connectivity index (χ3n) is 7.22. The molecule has 0 bridgehead atoms. The van der Waals surface area contributed by atoms with Gasteiger partial charge in [0.05, 0.1) is 0 Å². The fourth-order valence-corrected chi connectivity index (χ4v) is 8.65. The molecule has 0 saturated heterocycles. The predicted molar refractivity (Wildman–Crippen MR) is 132 cm³/mol. The van der Waals surface area contributed by atoms with E-state index in [1.54, 1.807) is 41.0 Å². The van der Waals surface area contributed by atoms with Gasteiger partial charge in [0.2, 0.25) is 0 Å². The molecule has 2 aliphatic carbocycles. The summed E-state index contributed by atoms with van der Waals surface area (Å²) in [5, 5.41) is 4.38. The van der Waals surface area contributed by atoms with Gasteiger partial charge in [0, 0.05) is 0 Å². The van der Waals surface area contributed by atoms with Gasteiger partial charge >= 0.3 is 202 Å². The number of benzene rings is 4. The summed E-state index contributed by atoms with van der Waals surface area (Å²) in [7, 11) is -0.992. The van der Waals surface area contributed by atoms with Gasteiger partial charge in [-0.15, -0.1) is 0 Å². The second kappa shape index (κ2) is 9.31. The normalized spacial score (nSPS) is 17.7. The molecule has 0 aromatic heterocycles. The Bertz CT molecular complexity index is 1410. The van der Waals surface area contributed by atoms with E-state index in [1.807, 2.05) is 0 Å². The van der Waals surface area contributed by atoms with Crippen LogP contribution in [0.3, 0.4) is 0 Å². The first-order chi connectivity index (χ1) is 15.1. The number of fused-ring (bicyclic) bond motifs is 6. The molecular weight excluding hydrogens is 539 g/mol. The maximum absolute atomic E-state index is 2.49. The zero-order valence-electron chi connectivity index (χ0n) is 19.0. The second-order valence-corrected chi connectivity index (χ2v) is 13.7. The van der Waals surface area contributed by atoms with Crippen molar-refractivity contribution >= 4 is 30.8 Å². The maximum atomic E-state index is 2.49. The summed E-state index contributed by atoms with van der Waals surface area (Å²) >= 11 is 1.60. The van der Waals surface area contributed by atoms with E-state index in [2.05, 4.69) is 98.9 Å². The van der Waals surface area contributed by atoms with Crippen LogP contribution in [0.2, 0.25) is 13.1 Å². The van der Waals surface area contributed by atoms with Crippen molar-refractivity contribution in [3.8, 4) is 11.1 Å². The van der Waals surface area contributed by atoms with Crippen molar-refractivity contribution < 1.29 is 49.5 Å². The van der Waals surface area contributed by atoms with Crippen LogP contribution in [-0.4, -0.2) is 8.80 Å². The molecule has 4 heteroatoms. The number of hydrogen-bond donors (Lipinski definition) is 0. The molecule has 6 rings (SSSR count). The molecule has 0 aliphatic heterocycles. The van der Waals surface area contributed by atoms with Gasteiger partial charge in [-0.2, -0.15) is 0 Å². The third-order valence-corrected chi connectivity index (χ3v) is 10.4. The molecule has 4 aromatic rings. The largest absolute Gasteiger partial charge is 1.00 e. The average Bonchev–Trinajstić information content (AvgIpc) is 3.27. The van der Waals surface area contributed by atoms with Gasteiger partial charge in [0.1, 0.15) is 0 Å². The van der Waals surface area contributed by atoms with Crippen LogP contribution in [0.15, 0.2) is 78.4 Å². The van der Waals surface area contributed by atoms with Crippen LogP contribution < -0.4 is 30.0 Å². The quantitative estimate of drug-likeness (QED) is 0.316. The minimum atomic E-state index is -0.992. The van der Waals surface area contributed by atoms with Crippen molar-refractivity contribution in [2.75, 3.05) is 0 Å². The molecule has 2 unspecified atom stereocenters. The zero-order chi connectivity index (χ0) is 21.3. The van der Waals surface area contributed by atoms with E-state index in [0.29, 0.717) is 9.54 Å². The second-order valence-electron chi connectivity index (χ2n) is 9.32. The van der Waals surface area contributed by atoms with E-state index in [-0.39, 0.29) is 24.8 Å². The van der Waals surface area contributed by atoms with Gasteiger partial charge in [0.25, 0.3) is 0 Å². The Labute approximate surface area is 225 Å². The summed E-state index contributed by atoms with van der Waals surface area (Å²) in [5.74, 6) is 0.386. The van der Waals surface area contributed by atoms with Crippen molar-refractivity contribution in [3.63, 3.8) is 0 Å². The molecule has 0 fully saturated rings. The topological polar surface area (TPSA) is 0 Å². The molecule has 0 heterocycles. The summed E-state index contributed by atoms with van der Waals surface area (Å²) < 4.78 is 0.540. The Balaban J connectivity index is 0.00000130. The van der Waals surface area contributed by atoms with Crippen LogP contribution in [0.25, 0.3) is 28.0 Å². The van der Waals surface area contributed by atoms with Crippen LogP contribution >= 0.6 is 0 Å². The standard InChI is InChI=1S/C29H25Si.2ClH.Zr/c1-18-16-25-21-10-6-4-8-19(21)12-13-24(25)28(18)29-26-17-20-9-5-7-11-22(20)23(26)14-15-27(29)30(2)3;;;/h4-17,28,30H,1-3H3;2*1H;/q;;;+2/p-2. The average molecular weight is 564 g/mol. The molecule has 0 nitrogen and oxygen atoms in total. The first kappa shape index (κ1) is 24.7. The van der Waals surface area contributed by atoms with Crippen LogP contribution in [0.5, 0.6) is 0 Å². The fraction of sp³-hybridized carbons (Fsp3) is 0.172. The summed E-state index contributed by atoms with van der Waals surface area (Å²) in [6, 6.07) is 27.6. The molecule has 0 radical (unpaired) electrons. The van der Waals surface area contributed by atoms with Crippen molar-refractivity contribution in [2.24, 2.45) is 0 Å². The number of halogens is 2. The van der Waals surface area contributed by atoms with E-state index in [9.17, 15) is 0 Å². The minimum Gasteiger partial charge on any atom is -1.00 e. The summed E-state index contributed by atoms with van der Waals surface area (Å²) in [6.45, 7) is 7.33. The zero-order valence-corrected chi connectivity index (χ0v) is 24.1. The number of rotatable bonds is 2.